The Morgan fingerprint density at radius 3 is 2.18 bits per heavy atom. The van der Waals surface area contributed by atoms with Gasteiger partial charge < -0.3 is 19.3 Å². The van der Waals surface area contributed by atoms with E-state index in [4.69, 9.17) is 9.47 Å². The highest BCUT2D eigenvalue weighted by molar-refractivity contribution is 6.03. The van der Waals surface area contributed by atoms with Gasteiger partial charge in [0.25, 0.3) is 0 Å². The zero-order chi connectivity index (χ0) is 20.8. The van der Waals surface area contributed by atoms with E-state index >= 15 is 0 Å². The first-order valence-corrected chi connectivity index (χ1v) is 9.30. The van der Waals surface area contributed by atoms with Gasteiger partial charge in [-0.05, 0) is 31.4 Å². The minimum atomic E-state index is -0.758. The topological polar surface area (TPSA) is 82.9 Å². The van der Waals surface area contributed by atoms with Crippen molar-refractivity contribution in [2.24, 2.45) is 5.92 Å². The lowest BCUT2D eigenvalue weighted by Gasteiger charge is -2.20. The fourth-order valence-corrected chi connectivity index (χ4v) is 2.93. The SMILES string of the molecule is CC(C)CCOC(C)C(=O)OCC(=O)C(C#N)=C1N(C)c2ccccc2N1C. The molecule has 0 aromatic heterocycles. The molecule has 150 valence electrons. The molecule has 1 aliphatic heterocycles. The predicted molar refractivity (Wildman–Crippen MR) is 107 cm³/mol. The van der Waals surface area contributed by atoms with Crippen molar-refractivity contribution in [1.29, 1.82) is 5.26 Å². The second-order valence-corrected chi connectivity index (χ2v) is 7.14. The van der Waals surface area contributed by atoms with Crippen LogP contribution in [0.25, 0.3) is 0 Å². The minimum absolute atomic E-state index is 0.0534. The number of ketones is 1. The smallest absolute Gasteiger partial charge is 0.335 e. The van der Waals surface area contributed by atoms with Crippen LogP contribution in [0.5, 0.6) is 0 Å². The van der Waals surface area contributed by atoms with Gasteiger partial charge in [0.1, 0.15) is 17.5 Å². The first kappa shape index (κ1) is 21.5. The quantitative estimate of drug-likeness (QED) is 0.386. The molecule has 0 saturated carbocycles. The zero-order valence-corrected chi connectivity index (χ0v) is 17.1. The van der Waals surface area contributed by atoms with Crippen LogP contribution in [0.4, 0.5) is 11.4 Å². The summed E-state index contributed by atoms with van der Waals surface area (Å²) in [4.78, 5) is 28.2. The molecular weight excluding hydrogens is 358 g/mol. The molecule has 0 fully saturated rings. The third-order valence-corrected chi connectivity index (χ3v) is 4.59. The third-order valence-electron chi connectivity index (χ3n) is 4.59. The molecule has 0 spiro atoms. The van der Waals surface area contributed by atoms with Crippen molar-refractivity contribution in [3.05, 3.63) is 35.7 Å². The molecule has 1 aromatic rings. The van der Waals surface area contributed by atoms with Gasteiger partial charge in [0, 0.05) is 20.7 Å². The summed E-state index contributed by atoms with van der Waals surface area (Å²) in [5.74, 6) is -0.229. The van der Waals surface area contributed by atoms with Crippen molar-refractivity contribution in [2.45, 2.75) is 33.3 Å². The summed E-state index contributed by atoms with van der Waals surface area (Å²) >= 11 is 0. The molecule has 7 nitrogen and oxygen atoms in total. The van der Waals surface area contributed by atoms with Crippen molar-refractivity contribution < 1.29 is 19.1 Å². The summed E-state index contributed by atoms with van der Waals surface area (Å²) in [5.41, 5.74) is 1.73. The van der Waals surface area contributed by atoms with Crippen LogP contribution < -0.4 is 9.80 Å². The number of anilines is 2. The summed E-state index contributed by atoms with van der Waals surface area (Å²) in [7, 11) is 3.58. The van der Waals surface area contributed by atoms with Crippen LogP contribution >= 0.6 is 0 Å². The minimum Gasteiger partial charge on any atom is -0.455 e. The molecule has 2 rings (SSSR count). The van der Waals surface area contributed by atoms with Crippen molar-refractivity contribution >= 4 is 23.1 Å². The highest BCUT2D eigenvalue weighted by Crippen LogP contribution is 2.40. The molecule has 1 unspecified atom stereocenters. The second kappa shape index (κ2) is 9.38. The second-order valence-electron chi connectivity index (χ2n) is 7.14. The number of carbonyl (C=O) groups excluding carboxylic acids is 2. The monoisotopic (exact) mass is 385 g/mol. The molecule has 1 aromatic carbocycles. The number of para-hydroxylation sites is 2. The maximum atomic E-state index is 12.6. The number of nitrogens with zero attached hydrogens (tertiary/aromatic N) is 3. The number of hydrogen-bond acceptors (Lipinski definition) is 7. The molecule has 7 heteroatoms. The Kier molecular flexibility index (Phi) is 7.18. The largest absolute Gasteiger partial charge is 0.455 e. The van der Waals surface area contributed by atoms with E-state index in [0.29, 0.717) is 18.3 Å². The maximum Gasteiger partial charge on any atom is 0.335 e. The number of hydrogen-bond donors (Lipinski definition) is 0. The van der Waals surface area contributed by atoms with E-state index in [2.05, 4.69) is 13.8 Å². The molecule has 1 aliphatic rings. The highest BCUT2D eigenvalue weighted by atomic mass is 16.6. The van der Waals surface area contributed by atoms with Gasteiger partial charge in [0.15, 0.2) is 12.7 Å². The molecule has 28 heavy (non-hydrogen) atoms. The van der Waals surface area contributed by atoms with Crippen LogP contribution in [0.1, 0.15) is 27.2 Å². The van der Waals surface area contributed by atoms with Crippen LogP contribution in [0.3, 0.4) is 0 Å². The molecular formula is C21H27N3O4. The third kappa shape index (κ3) is 4.70. The first-order chi connectivity index (χ1) is 13.3. The van der Waals surface area contributed by atoms with Gasteiger partial charge in [0.05, 0.1) is 11.4 Å². The van der Waals surface area contributed by atoms with E-state index in [0.717, 1.165) is 17.8 Å². The fraction of sp³-hybridized carbons (Fsp3) is 0.476. The molecule has 0 aliphatic carbocycles. The number of benzene rings is 1. The number of rotatable bonds is 8. The van der Waals surface area contributed by atoms with Gasteiger partial charge in [0.2, 0.25) is 5.78 Å². The van der Waals surface area contributed by atoms with Gasteiger partial charge in [-0.1, -0.05) is 26.0 Å². The fourth-order valence-electron chi connectivity index (χ4n) is 2.93. The van der Waals surface area contributed by atoms with Gasteiger partial charge in [-0.15, -0.1) is 0 Å². The Hall–Kier alpha value is -2.85. The van der Waals surface area contributed by atoms with Crippen molar-refractivity contribution in [2.75, 3.05) is 37.1 Å². The Labute approximate surface area is 166 Å². The molecule has 0 amide bonds. The number of nitriles is 1. The van der Waals surface area contributed by atoms with Crippen molar-refractivity contribution in [3.63, 3.8) is 0 Å². The van der Waals surface area contributed by atoms with E-state index in [1.54, 1.807) is 30.8 Å². The number of esters is 1. The molecule has 1 atom stereocenters. The van der Waals surface area contributed by atoms with Crippen LogP contribution in [0.15, 0.2) is 35.7 Å². The zero-order valence-electron chi connectivity index (χ0n) is 17.1. The standard InChI is InChI=1S/C21H27N3O4/c1-14(2)10-11-27-15(3)21(26)28-13-19(25)16(12-22)20-23(4)17-8-6-7-9-18(17)24(20)5/h6-9,14-15H,10-11,13H2,1-5H3. The summed E-state index contributed by atoms with van der Waals surface area (Å²) in [6.45, 7) is 5.67. The Morgan fingerprint density at radius 1 is 1.11 bits per heavy atom. The Bertz CT molecular complexity index is 779. The van der Waals surface area contributed by atoms with Crippen LogP contribution in [-0.2, 0) is 19.1 Å². The molecule has 0 radical (unpaired) electrons. The normalized spacial score (nSPS) is 14.0. The lowest BCUT2D eigenvalue weighted by molar-refractivity contribution is -0.158. The molecule has 0 bridgehead atoms. The maximum absolute atomic E-state index is 12.6. The van der Waals surface area contributed by atoms with E-state index in [-0.39, 0.29) is 5.57 Å². The van der Waals surface area contributed by atoms with Gasteiger partial charge in [-0.3, -0.25) is 4.79 Å². The summed E-state index contributed by atoms with van der Waals surface area (Å²) in [6.07, 6.45) is 0.0753. The van der Waals surface area contributed by atoms with Crippen LogP contribution in [0.2, 0.25) is 0 Å². The van der Waals surface area contributed by atoms with Gasteiger partial charge in [-0.25, -0.2) is 4.79 Å². The van der Waals surface area contributed by atoms with E-state index in [1.165, 1.54) is 0 Å². The lowest BCUT2D eigenvalue weighted by Crippen LogP contribution is -2.30. The average molecular weight is 385 g/mol. The molecule has 1 heterocycles. The number of carbonyl (C=O) groups is 2. The first-order valence-electron chi connectivity index (χ1n) is 9.30. The summed E-state index contributed by atoms with van der Waals surface area (Å²) < 4.78 is 10.5. The van der Waals surface area contributed by atoms with Gasteiger partial charge >= 0.3 is 5.97 Å². The number of fused-ring (bicyclic) bond motifs is 1. The Balaban J connectivity index is 2.04. The molecule has 0 saturated heterocycles. The number of Topliss-reactive ketones (excluding diaryl/α,β-unsaturated/α-hetero) is 1. The summed E-state index contributed by atoms with van der Waals surface area (Å²) in [6, 6.07) is 9.57. The van der Waals surface area contributed by atoms with E-state index in [9.17, 15) is 14.9 Å². The summed E-state index contributed by atoms with van der Waals surface area (Å²) in [5, 5.41) is 9.57. The Morgan fingerprint density at radius 2 is 1.68 bits per heavy atom. The van der Waals surface area contributed by atoms with Crippen LogP contribution in [0, 0.1) is 17.2 Å². The molecule has 0 N–H and O–H groups in total. The van der Waals surface area contributed by atoms with E-state index in [1.807, 2.05) is 30.3 Å². The average Bonchev–Trinajstić information content (AvgIpc) is 2.92. The van der Waals surface area contributed by atoms with E-state index < -0.39 is 24.5 Å². The van der Waals surface area contributed by atoms with Crippen molar-refractivity contribution in [1.82, 2.24) is 0 Å². The van der Waals surface area contributed by atoms with Crippen molar-refractivity contribution in [3.8, 4) is 6.07 Å². The lowest BCUT2D eigenvalue weighted by atomic mass is 10.1. The number of ether oxygens (including phenoxy) is 2. The predicted octanol–water partition coefficient (Wildman–Crippen LogP) is 2.87. The highest BCUT2D eigenvalue weighted by Gasteiger charge is 2.31. The van der Waals surface area contributed by atoms with Crippen LogP contribution in [-0.4, -0.2) is 45.2 Å². The van der Waals surface area contributed by atoms with Gasteiger partial charge in [-0.2, -0.15) is 5.26 Å².